The van der Waals surface area contributed by atoms with Crippen molar-refractivity contribution in [3.63, 3.8) is 0 Å². The van der Waals surface area contributed by atoms with Crippen molar-refractivity contribution in [2.75, 3.05) is 0 Å². The van der Waals surface area contributed by atoms with Gasteiger partial charge in [-0.2, -0.15) is 0 Å². The number of hydrogen-bond acceptors (Lipinski definition) is 1. The van der Waals surface area contributed by atoms with Crippen LogP contribution in [0.15, 0.2) is 168 Å². The van der Waals surface area contributed by atoms with Gasteiger partial charge in [-0.15, -0.1) is 0 Å². The second kappa shape index (κ2) is 8.88. The fourth-order valence-electron chi connectivity index (χ4n) is 9.02. The van der Waals surface area contributed by atoms with Crippen LogP contribution in [0.3, 0.4) is 0 Å². The van der Waals surface area contributed by atoms with Crippen LogP contribution in [0.5, 0.6) is 0 Å². The molecule has 1 unspecified atom stereocenters. The van der Waals surface area contributed by atoms with Crippen molar-refractivity contribution >= 4 is 33.3 Å². The summed E-state index contributed by atoms with van der Waals surface area (Å²) in [6, 6.07) is 59.4. The Kier molecular flexibility index (Phi) is 4.80. The lowest BCUT2D eigenvalue weighted by Crippen LogP contribution is -2.25. The van der Waals surface area contributed by atoms with E-state index in [1.807, 2.05) is 11.8 Å². The quantitative estimate of drug-likeness (QED) is 0.181. The fraction of sp³-hybridized carbons (Fsp3) is 0.0222. The first-order chi connectivity index (χ1) is 22.8. The standard InChI is InChI=1S/C45H26S/c1-2-14-29-27(11-1)25-26-38-42(29)32-15-3-5-20-35(32)45(38)36-21-6-4-16-33(36)43-30(17-9-22-37(43)45)31-18-10-24-40-44(31)34-19-7-12-28-13-8-23-39(46-40)41(28)34/h1-26H. The molecular weight excluding hydrogens is 573 g/mol. The summed E-state index contributed by atoms with van der Waals surface area (Å²) in [6.07, 6.45) is 0. The zero-order valence-corrected chi connectivity index (χ0v) is 25.7. The van der Waals surface area contributed by atoms with E-state index in [-0.39, 0.29) is 5.41 Å². The van der Waals surface area contributed by atoms with Crippen LogP contribution in [0.2, 0.25) is 0 Å². The Morgan fingerprint density at radius 1 is 0.326 bits per heavy atom. The minimum Gasteiger partial charge on any atom is -0.0888 e. The summed E-state index contributed by atoms with van der Waals surface area (Å²) in [4.78, 5) is 2.66. The SMILES string of the molecule is c1ccc2c(c1)-c1c(-c3cccc4c3-c3cccc5cccc(c35)S4)cccc1C21c2ccccc2-c2c1ccc1ccccc21. The van der Waals surface area contributed by atoms with Crippen LogP contribution in [-0.4, -0.2) is 0 Å². The molecule has 8 aromatic carbocycles. The molecule has 0 fully saturated rings. The second-order valence-corrected chi connectivity index (χ2v) is 13.8. The Hall–Kier alpha value is -5.37. The number of rotatable bonds is 1. The monoisotopic (exact) mass is 598 g/mol. The van der Waals surface area contributed by atoms with Gasteiger partial charge in [-0.3, -0.25) is 0 Å². The lowest BCUT2D eigenvalue weighted by Gasteiger charge is -2.30. The van der Waals surface area contributed by atoms with Gasteiger partial charge in [0.15, 0.2) is 0 Å². The van der Waals surface area contributed by atoms with Crippen molar-refractivity contribution in [3.8, 4) is 44.5 Å². The minimum atomic E-state index is -0.381. The van der Waals surface area contributed by atoms with Gasteiger partial charge in [0.1, 0.15) is 0 Å². The molecule has 8 aromatic rings. The normalized spacial score (nSPS) is 16.3. The molecule has 11 rings (SSSR count). The van der Waals surface area contributed by atoms with Gasteiger partial charge in [-0.05, 0) is 89.5 Å². The van der Waals surface area contributed by atoms with E-state index in [0.29, 0.717) is 0 Å². The molecule has 1 heterocycles. The Balaban J connectivity index is 1.27. The van der Waals surface area contributed by atoms with Crippen LogP contribution in [-0.2, 0) is 5.41 Å². The molecule has 3 aliphatic rings. The average Bonchev–Trinajstić information content (AvgIpc) is 3.59. The largest absolute Gasteiger partial charge is 0.0888 e. The Labute approximate surface area is 272 Å². The highest BCUT2D eigenvalue weighted by Crippen LogP contribution is 2.65. The van der Waals surface area contributed by atoms with E-state index in [9.17, 15) is 0 Å². The highest BCUT2D eigenvalue weighted by Gasteiger charge is 2.52. The third-order valence-corrected chi connectivity index (χ3v) is 11.8. The highest BCUT2D eigenvalue weighted by molar-refractivity contribution is 7.99. The number of hydrogen-bond donors (Lipinski definition) is 0. The van der Waals surface area contributed by atoms with E-state index in [0.717, 1.165) is 0 Å². The molecule has 212 valence electrons. The van der Waals surface area contributed by atoms with E-state index in [1.165, 1.54) is 98.1 Å². The molecule has 1 heteroatoms. The maximum atomic E-state index is 2.41. The Morgan fingerprint density at radius 2 is 0.870 bits per heavy atom. The maximum absolute atomic E-state index is 2.41. The van der Waals surface area contributed by atoms with Gasteiger partial charge >= 0.3 is 0 Å². The molecular formula is C45H26S. The van der Waals surface area contributed by atoms with Gasteiger partial charge in [0.25, 0.3) is 0 Å². The molecule has 1 spiro atoms. The van der Waals surface area contributed by atoms with Gasteiger partial charge in [-0.1, -0.05) is 157 Å². The van der Waals surface area contributed by atoms with Gasteiger partial charge in [0, 0.05) is 20.7 Å². The third-order valence-electron chi connectivity index (χ3n) is 10.7. The molecule has 0 saturated carbocycles. The second-order valence-electron chi connectivity index (χ2n) is 12.7. The molecule has 1 atom stereocenters. The van der Waals surface area contributed by atoms with Crippen LogP contribution < -0.4 is 0 Å². The van der Waals surface area contributed by atoms with Crippen LogP contribution in [0.4, 0.5) is 0 Å². The average molecular weight is 599 g/mol. The van der Waals surface area contributed by atoms with E-state index < -0.39 is 0 Å². The van der Waals surface area contributed by atoms with E-state index in [1.54, 1.807) is 0 Å². The topological polar surface area (TPSA) is 0 Å². The van der Waals surface area contributed by atoms with Crippen molar-refractivity contribution in [2.45, 2.75) is 15.2 Å². The molecule has 0 aromatic heterocycles. The summed E-state index contributed by atoms with van der Waals surface area (Å²) in [5.41, 5.74) is 15.9. The first-order valence-electron chi connectivity index (χ1n) is 16.0. The van der Waals surface area contributed by atoms with Crippen molar-refractivity contribution in [1.82, 2.24) is 0 Å². The van der Waals surface area contributed by atoms with Crippen LogP contribution in [0, 0.1) is 0 Å². The van der Waals surface area contributed by atoms with Gasteiger partial charge in [-0.25, -0.2) is 0 Å². The number of benzene rings is 8. The summed E-state index contributed by atoms with van der Waals surface area (Å²) in [7, 11) is 0. The van der Waals surface area contributed by atoms with Crippen molar-refractivity contribution in [1.29, 1.82) is 0 Å². The zero-order chi connectivity index (χ0) is 30.0. The van der Waals surface area contributed by atoms with Crippen molar-refractivity contribution in [2.24, 2.45) is 0 Å². The van der Waals surface area contributed by atoms with Gasteiger partial charge < -0.3 is 0 Å². The van der Waals surface area contributed by atoms with E-state index in [4.69, 9.17) is 0 Å². The van der Waals surface area contributed by atoms with Gasteiger partial charge in [0.05, 0.1) is 5.41 Å². The summed E-state index contributed by atoms with van der Waals surface area (Å²) >= 11 is 1.90. The van der Waals surface area contributed by atoms with Crippen LogP contribution in [0.25, 0.3) is 66.1 Å². The molecule has 46 heavy (non-hydrogen) atoms. The summed E-state index contributed by atoms with van der Waals surface area (Å²) in [5.74, 6) is 0. The molecule has 2 aliphatic carbocycles. The molecule has 1 aliphatic heterocycles. The fourth-order valence-corrected chi connectivity index (χ4v) is 10.2. The predicted octanol–water partition coefficient (Wildman–Crippen LogP) is 12.1. The first kappa shape index (κ1) is 24.9. The molecule has 0 bridgehead atoms. The first-order valence-corrected chi connectivity index (χ1v) is 16.8. The lowest BCUT2D eigenvalue weighted by molar-refractivity contribution is 0.794. The molecule has 0 saturated heterocycles. The molecule has 0 amide bonds. The molecule has 0 nitrogen and oxygen atoms in total. The van der Waals surface area contributed by atoms with E-state index >= 15 is 0 Å². The van der Waals surface area contributed by atoms with Crippen LogP contribution in [0.1, 0.15) is 22.3 Å². The summed E-state index contributed by atoms with van der Waals surface area (Å²) in [6.45, 7) is 0. The Morgan fingerprint density at radius 3 is 1.72 bits per heavy atom. The van der Waals surface area contributed by atoms with Crippen LogP contribution >= 0.6 is 11.8 Å². The smallest absolute Gasteiger partial charge is 0.0725 e. The van der Waals surface area contributed by atoms with Crippen molar-refractivity contribution < 1.29 is 0 Å². The predicted molar refractivity (Wildman–Crippen MR) is 193 cm³/mol. The third kappa shape index (κ3) is 2.93. The maximum Gasteiger partial charge on any atom is 0.0725 e. The minimum absolute atomic E-state index is 0.381. The van der Waals surface area contributed by atoms with E-state index in [2.05, 4.69) is 158 Å². The highest BCUT2D eigenvalue weighted by atomic mass is 32.2. The molecule has 0 radical (unpaired) electrons. The van der Waals surface area contributed by atoms with Crippen molar-refractivity contribution in [3.05, 3.63) is 180 Å². The summed E-state index contributed by atoms with van der Waals surface area (Å²) < 4.78 is 0. The zero-order valence-electron chi connectivity index (χ0n) is 24.9. The Bertz CT molecular complexity index is 2620. The number of fused-ring (bicyclic) bond motifs is 14. The lowest BCUT2D eigenvalue weighted by atomic mass is 9.70. The van der Waals surface area contributed by atoms with Gasteiger partial charge in [0.2, 0.25) is 0 Å². The molecule has 0 N–H and O–H groups in total. The summed E-state index contributed by atoms with van der Waals surface area (Å²) in [5, 5.41) is 5.28.